The predicted molar refractivity (Wildman–Crippen MR) is 57.5 cm³/mol. The van der Waals surface area contributed by atoms with Crippen LogP contribution >= 0.6 is 11.8 Å². The lowest BCUT2D eigenvalue weighted by Crippen LogP contribution is -2.41. The first-order chi connectivity index (χ1) is 6.56. The van der Waals surface area contributed by atoms with E-state index in [9.17, 15) is 8.42 Å². The molecule has 1 fully saturated rings. The van der Waals surface area contributed by atoms with Crippen molar-refractivity contribution in [2.75, 3.05) is 11.5 Å². The topological polar surface area (TPSA) is 70.0 Å². The molecule has 0 aromatic rings. The fourth-order valence-electron chi connectivity index (χ4n) is 1.22. The Morgan fingerprint density at radius 2 is 2.07 bits per heavy atom. The Bertz CT molecular complexity index is 315. The van der Waals surface area contributed by atoms with Crippen LogP contribution in [-0.2, 0) is 10.0 Å². The molecule has 0 aliphatic carbocycles. The van der Waals surface area contributed by atoms with Gasteiger partial charge in [0, 0.05) is 6.04 Å². The zero-order chi connectivity index (χ0) is 10.6. The Kier molecular flexibility index (Phi) is 4.23. The SMILES string of the molecule is CC(C#N)S(=O)(=O)NC1CCSCC1. The van der Waals surface area contributed by atoms with Crippen molar-refractivity contribution in [3.05, 3.63) is 0 Å². The number of nitriles is 1. The zero-order valence-electron chi connectivity index (χ0n) is 8.06. The van der Waals surface area contributed by atoms with Gasteiger partial charge in [0.25, 0.3) is 0 Å². The van der Waals surface area contributed by atoms with Crippen molar-refractivity contribution < 1.29 is 8.42 Å². The van der Waals surface area contributed by atoms with E-state index in [-0.39, 0.29) is 6.04 Å². The molecule has 0 aromatic heterocycles. The summed E-state index contributed by atoms with van der Waals surface area (Å²) in [6.45, 7) is 1.40. The second-order valence-electron chi connectivity index (χ2n) is 3.32. The van der Waals surface area contributed by atoms with Gasteiger partial charge in [-0.25, -0.2) is 13.1 Å². The fraction of sp³-hybridized carbons (Fsp3) is 0.875. The molecule has 1 heterocycles. The average Bonchev–Trinajstić information content (AvgIpc) is 2.17. The molecule has 1 rings (SSSR count). The number of thioether (sulfide) groups is 1. The molecule has 1 saturated heterocycles. The summed E-state index contributed by atoms with van der Waals surface area (Å²) in [7, 11) is -3.43. The van der Waals surface area contributed by atoms with E-state index in [0.29, 0.717) is 0 Å². The monoisotopic (exact) mass is 234 g/mol. The molecule has 4 nitrogen and oxygen atoms in total. The molecule has 0 spiro atoms. The van der Waals surface area contributed by atoms with E-state index >= 15 is 0 Å². The predicted octanol–water partition coefficient (Wildman–Crippen LogP) is 0.713. The molecule has 1 N–H and O–H groups in total. The Hall–Kier alpha value is -0.250. The lowest BCUT2D eigenvalue weighted by Gasteiger charge is -2.22. The Labute approximate surface area is 89.1 Å². The van der Waals surface area contributed by atoms with Gasteiger partial charge in [0.2, 0.25) is 10.0 Å². The molecule has 14 heavy (non-hydrogen) atoms. The highest BCUT2D eigenvalue weighted by Crippen LogP contribution is 2.18. The summed E-state index contributed by atoms with van der Waals surface area (Å²) < 4.78 is 25.6. The third kappa shape index (κ3) is 3.15. The van der Waals surface area contributed by atoms with Crippen LogP contribution in [0, 0.1) is 11.3 Å². The summed E-state index contributed by atoms with van der Waals surface area (Å²) in [6.07, 6.45) is 1.73. The highest BCUT2D eigenvalue weighted by molar-refractivity contribution is 7.99. The smallest absolute Gasteiger partial charge is 0.211 e. The quantitative estimate of drug-likeness (QED) is 0.781. The Morgan fingerprint density at radius 1 is 1.50 bits per heavy atom. The number of rotatable bonds is 3. The van der Waals surface area contributed by atoms with Crippen molar-refractivity contribution in [1.29, 1.82) is 5.26 Å². The first-order valence-corrected chi connectivity index (χ1v) is 7.25. The zero-order valence-corrected chi connectivity index (χ0v) is 9.70. The van der Waals surface area contributed by atoms with Crippen LogP contribution in [0.3, 0.4) is 0 Å². The maximum Gasteiger partial charge on any atom is 0.227 e. The molecule has 0 radical (unpaired) electrons. The lowest BCUT2D eigenvalue weighted by molar-refractivity contribution is 0.526. The van der Waals surface area contributed by atoms with Crippen LogP contribution in [0.4, 0.5) is 0 Å². The van der Waals surface area contributed by atoms with E-state index in [0.717, 1.165) is 24.3 Å². The van der Waals surface area contributed by atoms with Gasteiger partial charge >= 0.3 is 0 Å². The molecular formula is C8H14N2O2S2. The number of hydrogen-bond acceptors (Lipinski definition) is 4. The largest absolute Gasteiger partial charge is 0.227 e. The number of nitrogens with zero attached hydrogens (tertiary/aromatic N) is 1. The van der Waals surface area contributed by atoms with Gasteiger partial charge < -0.3 is 0 Å². The number of nitrogens with one attached hydrogen (secondary N) is 1. The van der Waals surface area contributed by atoms with Crippen molar-refractivity contribution in [2.45, 2.75) is 31.1 Å². The van der Waals surface area contributed by atoms with Crippen LogP contribution in [0.2, 0.25) is 0 Å². The van der Waals surface area contributed by atoms with Gasteiger partial charge in [-0.15, -0.1) is 0 Å². The number of sulfonamides is 1. The van der Waals surface area contributed by atoms with E-state index in [4.69, 9.17) is 5.26 Å². The minimum absolute atomic E-state index is 0.0250. The molecule has 1 atom stereocenters. The molecule has 0 aromatic carbocycles. The average molecular weight is 234 g/mol. The van der Waals surface area contributed by atoms with Crippen molar-refractivity contribution in [3.63, 3.8) is 0 Å². The maximum absolute atomic E-state index is 11.5. The van der Waals surface area contributed by atoms with E-state index in [1.165, 1.54) is 6.92 Å². The molecular weight excluding hydrogens is 220 g/mol. The normalized spacial score (nSPS) is 21.4. The maximum atomic E-state index is 11.5. The summed E-state index contributed by atoms with van der Waals surface area (Å²) >= 11 is 1.84. The van der Waals surface area contributed by atoms with Crippen LogP contribution in [0.25, 0.3) is 0 Å². The fourth-order valence-corrected chi connectivity index (χ4v) is 3.37. The minimum Gasteiger partial charge on any atom is -0.211 e. The number of hydrogen-bond donors (Lipinski definition) is 1. The lowest BCUT2D eigenvalue weighted by atomic mass is 10.2. The first kappa shape index (κ1) is 11.8. The summed E-state index contributed by atoms with van der Waals surface area (Å²) in [5.74, 6) is 1.99. The summed E-state index contributed by atoms with van der Waals surface area (Å²) in [5, 5.41) is 7.57. The van der Waals surface area contributed by atoms with Crippen LogP contribution < -0.4 is 4.72 Å². The molecule has 1 aliphatic heterocycles. The summed E-state index contributed by atoms with van der Waals surface area (Å²) in [6, 6.07) is 1.76. The Balaban J connectivity index is 2.54. The highest BCUT2D eigenvalue weighted by Gasteiger charge is 2.25. The van der Waals surface area contributed by atoms with Crippen LogP contribution in [0.1, 0.15) is 19.8 Å². The summed E-state index contributed by atoms with van der Waals surface area (Å²) in [4.78, 5) is 0. The van der Waals surface area contributed by atoms with E-state index in [2.05, 4.69) is 4.72 Å². The van der Waals surface area contributed by atoms with Crippen molar-refractivity contribution in [3.8, 4) is 6.07 Å². The molecule has 1 aliphatic rings. The van der Waals surface area contributed by atoms with Gasteiger partial charge in [-0.1, -0.05) is 0 Å². The van der Waals surface area contributed by atoms with Crippen molar-refractivity contribution in [2.24, 2.45) is 0 Å². The van der Waals surface area contributed by atoms with Crippen molar-refractivity contribution >= 4 is 21.8 Å². The molecule has 0 bridgehead atoms. The van der Waals surface area contributed by atoms with Gasteiger partial charge in [-0.05, 0) is 31.3 Å². The minimum atomic E-state index is -3.43. The third-order valence-electron chi connectivity index (χ3n) is 2.20. The van der Waals surface area contributed by atoms with E-state index in [1.54, 1.807) is 6.07 Å². The van der Waals surface area contributed by atoms with Gasteiger partial charge in [-0.2, -0.15) is 17.0 Å². The van der Waals surface area contributed by atoms with Gasteiger partial charge in [0.1, 0.15) is 0 Å². The third-order valence-corrected chi connectivity index (χ3v) is 4.95. The highest BCUT2D eigenvalue weighted by atomic mass is 32.2. The van der Waals surface area contributed by atoms with Crippen LogP contribution in [0.5, 0.6) is 0 Å². The van der Waals surface area contributed by atoms with Crippen molar-refractivity contribution in [1.82, 2.24) is 4.72 Å². The first-order valence-electron chi connectivity index (χ1n) is 4.55. The van der Waals surface area contributed by atoms with Crippen LogP contribution in [-0.4, -0.2) is 31.2 Å². The summed E-state index contributed by atoms with van der Waals surface area (Å²) in [5.41, 5.74) is 0. The van der Waals surface area contributed by atoms with Gasteiger partial charge in [0.15, 0.2) is 5.25 Å². The van der Waals surface area contributed by atoms with Gasteiger partial charge in [-0.3, -0.25) is 0 Å². The second kappa shape index (κ2) is 5.01. The van der Waals surface area contributed by atoms with Gasteiger partial charge in [0.05, 0.1) is 6.07 Å². The van der Waals surface area contributed by atoms with E-state index in [1.807, 2.05) is 11.8 Å². The standard InChI is InChI=1S/C8H14N2O2S2/c1-7(6-9)14(11,12)10-8-2-4-13-5-3-8/h7-8,10H,2-5H2,1H3. The van der Waals surface area contributed by atoms with E-state index < -0.39 is 15.3 Å². The molecule has 6 heteroatoms. The molecule has 80 valence electrons. The molecule has 1 unspecified atom stereocenters. The Morgan fingerprint density at radius 3 is 2.57 bits per heavy atom. The molecule has 0 saturated carbocycles. The van der Waals surface area contributed by atoms with Crippen LogP contribution in [0.15, 0.2) is 0 Å². The molecule has 0 amide bonds. The second-order valence-corrected chi connectivity index (χ2v) is 6.58.